The van der Waals surface area contributed by atoms with Crippen molar-refractivity contribution in [3.05, 3.63) is 100 Å². The molecule has 1 amide bonds. The highest BCUT2D eigenvalue weighted by Crippen LogP contribution is 2.39. The molecule has 0 saturated heterocycles. The lowest BCUT2D eigenvalue weighted by Crippen LogP contribution is -2.36. The molecule has 0 unspecified atom stereocenters. The van der Waals surface area contributed by atoms with E-state index in [1.165, 1.54) is 6.07 Å². The molecule has 6 nitrogen and oxygen atoms in total. The van der Waals surface area contributed by atoms with Gasteiger partial charge in [0.1, 0.15) is 17.5 Å². The first-order chi connectivity index (χ1) is 15.9. The van der Waals surface area contributed by atoms with E-state index in [0.717, 1.165) is 16.7 Å². The molecule has 0 fully saturated rings. The topological polar surface area (TPSA) is 90.8 Å². The second-order valence-corrected chi connectivity index (χ2v) is 8.18. The number of nitrogens with one attached hydrogen (secondary N) is 2. The zero-order chi connectivity index (χ0) is 23.4. The lowest BCUT2D eigenvalue weighted by atomic mass is 10.0. The molecule has 0 aromatic heterocycles. The highest BCUT2D eigenvalue weighted by Gasteiger charge is 2.22. The minimum Gasteiger partial charge on any atom is -0.505 e. The molecule has 0 aliphatic rings. The minimum atomic E-state index is -0.709. The number of carbonyl (C=O) groups is 1. The Balaban J connectivity index is 1.70. The van der Waals surface area contributed by atoms with Crippen LogP contribution in [-0.4, -0.2) is 17.1 Å². The summed E-state index contributed by atoms with van der Waals surface area (Å²) in [6.07, 6.45) is 0.383. The van der Waals surface area contributed by atoms with Crippen LogP contribution in [0.3, 0.4) is 0 Å². The van der Waals surface area contributed by atoms with Crippen molar-refractivity contribution in [1.82, 2.24) is 0 Å². The first-order valence-corrected chi connectivity index (χ1v) is 10.7. The molecule has 0 bridgehead atoms. The van der Waals surface area contributed by atoms with Crippen LogP contribution in [0.4, 0.5) is 17.1 Å². The molecule has 166 valence electrons. The number of hydrogen-bond acceptors (Lipinski definition) is 5. The molecule has 4 aromatic carbocycles. The van der Waals surface area contributed by atoms with Gasteiger partial charge in [0.15, 0.2) is 0 Å². The molecule has 6 heteroatoms. The predicted octanol–water partition coefficient (Wildman–Crippen LogP) is 6.22. The Bertz CT molecular complexity index is 1300. The van der Waals surface area contributed by atoms with Crippen LogP contribution in [0.2, 0.25) is 0 Å². The summed E-state index contributed by atoms with van der Waals surface area (Å²) in [5, 5.41) is 21.2. The standard InChI is InChI=1S/C27H25N3O3/c1-17-12-18(2)14-20(13-17)28-27(32)25(15-19-8-4-3-5-9-19)29-24-16-23(30-33)21-10-6-7-11-22(21)26(24)31/h3-14,16,25,29,31H,15H2,1-2H3,(H,28,32)/t25-/m1/s1. The first-order valence-electron chi connectivity index (χ1n) is 10.7. The van der Waals surface area contributed by atoms with Crippen LogP contribution in [0.25, 0.3) is 10.8 Å². The van der Waals surface area contributed by atoms with Crippen LogP contribution in [0, 0.1) is 18.8 Å². The summed E-state index contributed by atoms with van der Waals surface area (Å²) in [5.41, 5.74) is 4.23. The molecule has 0 saturated carbocycles. The summed E-state index contributed by atoms with van der Waals surface area (Å²) in [4.78, 5) is 24.8. The molecular weight excluding hydrogens is 414 g/mol. The van der Waals surface area contributed by atoms with Gasteiger partial charge < -0.3 is 15.7 Å². The van der Waals surface area contributed by atoms with E-state index in [1.807, 2.05) is 62.4 Å². The highest BCUT2D eigenvalue weighted by atomic mass is 16.3. The van der Waals surface area contributed by atoms with Gasteiger partial charge in [-0.1, -0.05) is 60.7 Å². The lowest BCUT2D eigenvalue weighted by molar-refractivity contribution is -0.116. The fraction of sp³-hybridized carbons (Fsp3) is 0.148. The SMILES string of the molecule is Cc1cc(C)cc(NC(=O)[C@@H](Cc2ccccc2)Nc2cc(N=O)c3ccccc3c2O)c1. The number of nitrogens with zero attached hydrogens (tertiary/aromatic N) is 1. The van der Waals surface area contributed by atoms with E-state index in [2.05, 4.69) is 15.8 Å². The average Bonchev–Trinajstić information content (AvgIpc) is 2.80. The summed E-state index contributed by atoms with van der Waals surface area (Å²) in [6.45, 7) is 3.95. The molecule has 0 aliphatic carbocycles. The van der Waals surface area contributed by atoms with Gasteiger partial charge in [-0.15, -0.1) is 4.91 Å². The molecule has 3 N–H and O–H groups in total. The van der Waals surface area contributed by atoms with Crippen LogP contribution < -0.4 is 10.6 Å². The van der Waals surface area contributed by atoms with E-state index in [4.69, 9.17) is 0 Å². The number of rotatable bonds is 7. The third-order valence-corrected chi connectivity index (χ3v) is 5.51. The number of phenols is 1. The Hall–Kier alpha value is -4.19. The van der Waals surface area contributed by atoms with Gasteiger partial charge in [-0.05, 0) is 53.9 Å². The second-order valence-electron chi connectivity index (χ2n) is 8.18. The normalized spacial score (nSPS) is 11.7. The number of benzene rings is 4. The van der Waals surface area contributed by atoms with Crippen molar-refractivity contribution in [3.63, 3.8) is 0 Å². The van der Waals surface area contributed by atoms with Crippen LogP contribution >= 0.6 is 0 Å². The van der Waals surface area contributed by atoms with Gasteiger partial charge in [0.2, 0.25) is 5.91 Å². The Labute approximate surface area is 192 Å². The second kappa shape index (κ2) is 9.53. The van der Waals surface area contributed by atoms with Crippen LogP contribution in [0.15, 0.2) is 84.0 Å². The molecule has 0 aliphatic heterocycles. The van der Waals surface area contributed by atoms with E-state index in [0.29, 0.717) is 22.9 Å². The summed E-state index contributed by atoms with van der Waals surface area (Å²) >= 11 is 0. The van der Waals surface area contributed by atoms with Gasteiger partial charge in [0.05, 0.1) is 5.69 Å². The van der Waals surface area contributed by atoms with E-state index in [9.17, 15) is 14.8 Å². The van der Waals surface area contributed by atoms with Gasteiger partial charge in [0, 0.05) is 22.9 Å². The number of amides is 1. The maximum Gasteiger partial charge on any atom is 0.247 e. The monoisotopic (exact) mass is 439 g/mol. The number of nitroso groups, excluding NO2 is 1. The van der Waals surface area contributed by atoms with Crippen molar-refractivity contribution in [2.45, 2.75) is 26.3 Å². The molecule has 4 rings (SSSR count). The maximum absolute atomic E-state index is 13.3. The van der Waals surface area contributed by atoms with E-state index < -0.39 is 6.04 Å². The number of fused-ring (bicyclic) bond motifs is 1. The number of anilines is 2. The van der Waals surface area contributed by atoms with Crippen molar-refractivity contribution >= 4 is 33.7 Å². The highest BCUT2D eigenvalue weighted by molar-refractivity contribution is 6.02. The Morgan fingerprint density at radius 2 is 1.55 bits per heavy atom. The summed E-state index contributed by atoms with van der Waals surface area (Å²) in [5.74, 6) is -0.285. The predicted molar refractivity (Wildman–Crippen MR) is 133 cm³/mol. The molecule has 0 heterocycles. The molecule has 4 aromatic rings. The van der Waals surface area contributed by atoms with Crippen LogP contribution in [0.5, 0.6) is 5.75 Å². The van der Waals surface area contributed by atoms with Gasteiger partial charge in [-0.2, -0.15) is 0 Å². The van der Waals surface area contributed by atoms with E-state index >= 15 is 0 Å². The fourth-order valence-corrected chi connectivity index (χ4v) is 4.05. The molecule has 1 atom stereocenters. The van der Waals surface area contributed by atoms with Crippen LogP contribution in [0.1, 0.15) is 16.7 Å². The average molecular weight is 440 g/mol. The van der Waals surface area contributed by atoms with E-state index in [-0.39, 0.29) is 23.0 Å². The van der Waals surface area contributed by atoms with Crippen molar-refractivity contribution in [3.8, 4) is 5.75 Å². The number of hydrogen-bond donors (Lipinski definition) is 3. The number of carbonyl (C=O) groups excluding carboxylic acids is 1. The Kier molecular flexibility index (Phi) is 6.36. The molecule has 0 radical (unpaired) electrons. The summed E-state index contributed by atoms with van der Waals surface area (Å²) in [7, 11) is 0. The lowest BCUT2D eigenvalue weighted by Gasteiger charge is -2.21. The van der Waals surface area contributed by atoms with Gasteiger partial charge in [0.25, 0.3) is 0 Å². The largest absolute Gasteiger partial charge is 0.505 e. The van der Waals surface area contributed by atoms with Gasteiger partial charge >= 0.3 is 0 Å². The summed E-state index contributed by atoms with van der Waals surface area (Å²) < 4.78 is 0. The quantitative estimate of drug-likeness (QED) is 0.235. The number of phenolic OH excluding ortho intramolecular Hbond substituents is 1. The van der Waals surface area contributed by atoms with E-state index in [1.54, 1.807) is 24.3 Å². The molecular formula is C27H25N3O3. The minimum absolute atomic E-state index is 0.0322. The summed E-state index contributed by atoms with van der Waals surface area (Å²) in [6, 6.07) is 23.2. The Morgan fingerprint density at radius 1 is 0.909 bits per heavy atom. The third-order valence-electron chi connectivity index (χ3n) is 5.51. The maximum atomic E-state index is 13.3. The van der Waals surface area contributed by atoms with Crippen molar-refractivity contribution in [2.24, 2.45) is 5.18 Å². The van der Waals surface area contributed by atoms with Crippen molar-refractivity contribution < 1.29 is 9.90 Å². The number of aryl methyl sites for hydroxylation is 2. The first kappa shape index (κ1) is 22.0. The van der Waals surface area contributed by atoms with Crippen molar-refractivity contribution in [1.29, 1.82) is 0 Å². The zero-order valence-electron chi connectivity index (χ0n) is 18.5. The third kappa shape index (κ3) is 5.01. The number of aromatic hydroxyl groups is 1. The fourth-order valence-electron chi connectivity index (χ4n) is 4.05. The van der Waals surface area contributed by atoms with Crippen LogP contribution in [-0.2, 0) is 11.2 Å². The molecule has 33 heavy (non-hydrogen) atoms. The zero-order valence-corrected chi connectivity index (χ0v) is 18.5. The van der Waals surface area contributed by atoms with Gasteiger partial charge in [-0.3, -0.25) is 4.79 Å². The molecule has 0 spiro atoms. The van der Waals surface area contributed by atoms with Crippen molar-refractivity contribution in [2.75, 3.05) is 10.6 Å². The van der Waals surface area contributed by atoms with Gasteiger partial charge in [-0.25, -0.2) is 0 Å². The Morgan fingerprint density at radius 3 is 2.21 bits per heavy atom. The smallest absolute Gasteiger partial charge is 0.247 e.